The van der Waals surface area contributed by atoms with Gasteiger partial charge in [0.15, 0.2) is 0 Å². The maximum atomic E-state index is 2.47. The van der Waals surface area contributed by atoms with E-state index < -0.39 is 0 Å². The molecule has 1 nitrogen and oxygen atoms in total. The number of hydrogen-bond donors (Lipinski definition) is 1. The minimum absolute atomic E-state index is 0.820. The van der Waals surface area contributed by atoms with E-state index in [0.29, 0.717) is 0 Å². The van der Waals surface area contributed by atoms with Gasteiger partial charge in [-0.2, -0.15) is 0 Å². The molecule has 70 valence electrons. The Bertz CT molecular complexity index is 251. The van der Waals surface area contributed by atoms with Crippen molar-refractivity contribution in [2.24, 2.45) is 5.92 Å². The van der Waals surface area contributed by atoms with E-state index >= 15 is 0 Å². The van der Waals surface area contributed by atoms with E-state index in [-0.39, 0.29) is 0 Å². The lowest BCUT2D eigenvalue weighted by atomic mass is 10.2. The fraction of sp³-hybridized carbons (Fsp3) is 0.500. The van der Waals surface area contributed by atoms with E-state index in [9.17, 15) is 0 Å². The van der Waals surface area contributed by atoms with E-state index in [0.717, 1.165) is 18.5 Å². The average molecular weight is 176 g/mol. The molecule has 1 fully saturated rings. The monoisotopic (exact) mass is 176 g/mol. The summed E-state index contributed by atoms with van der Waals surface area (Å²) in [6.07, 6.45) is 2.90. The predicted octanol–water partition coefficient (Wildman–Crippen LogP) is 1.55. The average Bonchev–Trinajstić information content (AvgIpc) is 2.99. The molecule has 2 rings (SSSR count). The van der Waals surface area contributed by atoms with Crippen molar-refractivity contribution >= 4 is 0 Å². The van der Waals surface area contributed by atoms with Crippen LogP contribution in [0.25, 0.3) is 0 Å². The summed E-state index contributed by atoms with van der Waals surface area (Å²) in [5.41, 5.74) is 1.44. The quantitative estimate of drug-likeness (QED) is 0.717. The second kappa shape index (κ2) is 3.93. The van der Waals surface area contributed by atoms with Gasteiger partial charge in [0.2, 0.25) is 0 Å². The fourth-order valence-electron chi connectivity index (χ4n) is 1.75. The zero-order valence-corrected chi connectivity index (χ0v) is 8.24. The van der Waals surface area contributed by atoms with Crippen LogP contribution in [0.4, 0.5) is 0 Å². The Morgan fingerprint density at radius 3 is 2.62 bits per heavy atom. The van der Waals surface area contributed by atoms with Crippen molar-refractivity contribution < 1.29 is 5.32 Å². The van der Waals surface area contributed by atoms with Crippen LogP contribution < -0.4 is 5.32 Å². The van der Waals surface area contributed by atoms with Crippen LogP contribution in [-0.2, 0) is 6.54 Å². The van der Waals surface area contributed by atoms with Gasteiger partial charge in [0, 0.05) is 11.5 Å². The van der Waals surface area contributed by atoms with Gasteiger partial charge in [-0.3, -0.25) is 0 Å². The highest BCUT2D eigenvalue weighted by molar-refractivity contribution is 5.12. The summed E-state index contributed by atoms with van der Waals surface area (Å²) in [7, 11) is 0. The summed E-state index contributed by atoms with van der Waals surface area (Å²) in [4.78, 5) is 0. The van der Waals surface area contributed by atoms with E-state index in [4.69, 9.17) is 0 Å². The Balaban J connectivity index is 1.78. The third-order valence-corrected chi connectivity index (χ3v) is 2.93. The van der Waals surface area contributed by atoms with Gasteiger partial charge in [0.1, 0.15) is 6.54 Å². The Kier molecular flexibility index (Phi) is 2.65. The summed E-state index contributed by atoms with van der Waals surface area (Å²) in [6.45, 7) is 3.49. The van der Waals surface area contributed by atoms with Crippen molar-refractivity contribution in [2.75, 3.05) is 0 Å². The molecule has 1 aliphatic carbocycles. The van der Waals surface area contributed by atoms with Gasteiger partial charge in [0.25, 0.3) is 0 Å². The molecule has 2 N–H and O–H groups in total. The van der Waals surface area contributed by atoms with Gasteiger partial charge in [-0.1, -0.05) is 30.3 Å². The van der Waals surface area contributed by atoms with Crippen molar-refractivity contribution in [3.8, 4) is 0 Å². The molecule has 1 saturated carbocycles. The Labute approximate surface area is 80.2 Å². The number of quaternary nitrogens is 1. The molecule has 0 unspecified atom stereocenters. The summed E-state index contributed by atoms with van der Waals surface area (Å²) >= 11 is 0. The van der Waals surface area contributed by atoms with Crippen LogP contribution >= 0.6 is 0 Å². The van der Waals surface area contributed by atoms with Crippen LogP contribution in [-0.4, -0.2) is 6.04 Å². The van der Waals surface area contributed by atoms with E-state index in [1.165, 1.54) is 18.4 Å². The fourth-order valence-corrected chi connectivity index (χ4v) is 1.75. The summed E-state index contributed by atoms with van der Waals surface area (Å²) in [5.74, 6) is 1.00. The topological polar surface area (TPSA) is 16.6 Å². The largest absolute Gasteiger partial charge is 0.340 e. The Morgan fingerprint density at radius 2 is 2.00 bits per heavy atom. The second-order valence-electron chi connectivity index (χ2n) is 4.12. The normalized spacial score (nSPS) is 18.5. The third-order valence-electron chi connectivity index (χ3n) is 2.93. The number of benzene rings is 1. The first-order valence-corrected chi connectivity index (χ1v) is 5.23. The molecule has 1 aliphatic rings. The molecule has 0 heterocycles. The molecule has 0 bridgehead atoms. The SMILES string of the molecule is C[C@H]([NH2+]Cc1ccccc1)C1CC1. The standard InChI is InChI=1S/C12H17N/c1-10(12-7-8-12)13-9-11-5-3-2-4-6-11/h2-6,10,12-13H,7-9H2,1H3/p+1/t10-/m0/s1. The highest BCUT2D eigenvalue weighted by Crippen LogP contribution is 2.30. The van der Waals surface area contributed by atoms with Crippen molar-refractivity contribution in [2.45, 2.75) is 32.4 Å². The Hall–Kier alpha value is -0.820. The molecule has 0 radical (unpaired) electrons. The molecule has 0 amide bonds. The lowest BCUT2D eigenvalue weighted by Gasteiger charge is -2.08. The highest BCUT2D eigenvalue weighted by atomic mass is 14.9. The zero-order valence-electron chi connectivity index (χ0n) is 8.24. The minimum Gasteiger partial charge on any atom is -0.340 e. The zero-order chi connectivity index (χ0) is 9.10. The van der Waals surface area contributed by atoms with Crippen LogP contribution in [0, 0.1) is 5.92 Å². The van der Waals surface area contributed by atoms with Gasteiger partial charge < -0.3 is 5.32 Å². The van der Waals surface area contributed by atoms with Crippen LogP contribution in [0.5, 0.6) is 0 Å². The van der Waals surface area contributed by atoms with Gasteiger partial charge >= 0.3 is 0 Å². The van der Waals surface area contributed by atoms with Gasteiger partial charge in [-0.15, -0.1) is 0 Å². The number of rotatable bonds is 4. The smallest absolute Gasteiger partial charge is 0.101 e. The summed E-state index contributed by atoms with van der Waals surface area (Å²) in [5, 5.41) is 2.47. The second-order valence-corrected chi connectivity index (χ2v) is 4.12. The van der Waals surface area contributed by atoms with Crippen molar-refractivity contribution in [3.63, 3.8) is 0 Å². The predicted molar refractivity (Wildman–Crippen MR) is 54.3 cm³/mol. The minimum atomic E-state index is 0.820. The van der Waals surface area contributed by atoms with E-state index in [2.05, 4.69) is 42.6 Å². The van der Waals surface area contributed by atoms with Crippen LogP contribution in [0.1, 0.15) is 25.3 Å². The Morgan fingerprint density at radius 1 is 1.31 bits per heavy atom. The van der Waals surface area contributed by atoms with E-state index in [1.54, 1.807) is 0 Å². The van der Waals surface area contributed by atoms with Crippen molar-refractivity contribution in [1.82, 2.24) is 0 Å². The molecule has 0 aliphatic heterocycles. The molecule has 0 saturated heterocycles. The molecule has 1 aromatic rings. The van der Waals surface area contributed by atoms with Gasteiger partial charge in [0.05, 0.1) is 6.04 Å². The van der Waals surface area contributed by atoms with Crippen molar-refractivity contribution in [3.05, 3.63) is 35.9 Å². The lowest BCUT2D eigenvalue weighted by molar-refractivity contribution is -0.704. The molecular weight excluding hydrogens is 158 g/mol. The number of hydrogen-bond acceptors (Lipinski definition) is 0. The molecule has 0 spiro atoms. The first kappa shape index (κ1) is 8.76. The van der Waals surface area contributed by atoms with Crippen LogP contribution in [0.3, 0.4) is 0 Å². The number of nitrogens with two attached hydrogens (primary N) is 1. The highest BCUT2D eigenvalue weighted by Gasteiger charge is 2.30. The molecular formula is C12H18N+. The maximum absolute atomic E-state index is 2.47. The van der Waals surface area contributed by atoms with Crippen LogP contribution in [0.15, 0.2) is 30.3 Å². The van der Waals surface area contributed by atoms with Crippen molar-refractivity contribution in [1.29, 1.82) is 0 Å². The molecule has 0 aromatic heterocycles. The first-order chi connectivity index (χ1) is 6.36. The molecule has 1 aromatic carbocycles. The van der Waals surface area contributed by atoms with Gasteiger partial charge in [-0.25, -0.2) is 0 Å². The maximum Gasteiger partial charge on any atom is 0.101 e. The first-order valence-electron chi connectivity index (χ1n) is 5.23. The molecule has 1 atom stereocenters. The molecule has 13 heavy (non-hydrogen) atoms. The third kappa shape index (κ3) is 2.56. The van der Waals surface area contributed by atoms with E-state index in [1.807, 2.05) is 0 Å². The van der Waals surface area contributed by atoms with Gasteiger partial charge in [-0.05, 0) is 19.8 Å². The van der Waals surface area contributed by atoms with Crippen LogP contribution in [0.2, 0.25) is 0 Å². The summed E-state index contributed by atoms with van der Waals surface area (Å²) < 4.78 is 0. The summed E-state index contributed by atoms with van der Waals surface area (Å²) in [6, 6.07) is 11.5. The lowest BCUT2D eigenvalue weighted by Crippen LogP contribution is -2.88. The molecule has 1 heteroatoms.